The molecule has 242 valence electrons. The number of hydrogen-bond donors (Lipinski definition) is 7. The van der Waals surface area contributed by atoms with Gasteiger partial charge in [-0.25, -0.2) is 29.6 Å². The largest absolute Gasteiger partial charge is 0.695 e. The molecular formula is C20H25N10O13P2+. The lowest BCUT2D eigenvalue weighted by atomic mass is 10.1. The van der Waals surface area contributed by atoms with Gasteiger partial charge in [-0.2, -0.15) is 0 Å². The standard InChI is InChI=1S/C20H24N10O13P2/c21-15-9-16(23-4-22-15)29(5-24-9)20-14(11(32)7(40-20)1-2-31)43-45(37,38)39-3-8-13(42-44(35)36)12(33)19(41-8)30-6-25-10-17(30)26-28-27-18(10)34/h4-8,11-14,19-20,31-33H,1-3H2,(H4-,21,22,23,26,27,34,35,36,37,38)/p+1/t7-,8-,11-,12-,13-,14-,19-,20-/m1/s1. The van der Waals surface area contributed by atoms with Gasteiger partial charge >= 0.3 is 16.1 Å². The highest BCUT2D eigenvalue weighted by atomic mass is 31.2. The SMILES string of the molecule is Nc1ncnc2c1ncn2[C@@H]1O[C@H](CCO)[C@@H](O)[C@H]1OP(=O)(O)OC[C@H]1O[C@@H](n2cnc3c(=O)[nH]nnc32)[C@H](O)[C@@H]1O[P+](=O)O. The van der Waals surface area contributed by atoms with E-state index in [9.17, 15) is 39.0 Å². The molecule has 0 spiro atoms. The van der Waals surface area contributed by atoms with Crippen LogP contribution in [0.1, 0.15) is 18.9 Å². The maximum Gasteiger partial charge on any atom is 0.695 e. The van der Waals surface area contributed by atoms with Crippen molar-refractivity contribution in [1.29, 1.82) is 0 Å². The van der Waals surface area contributed by atoms with Crippen molar-refractivity contribution >= 4 is 44.2 Å². The molecule has 0 bridgehead atoms. The molecule has 2 fully saturated rings. The van der Waals surface area contributed by atoms with Gasteiger partial charge in [-0.1, -0.05) is 5.21 Å². The first-order valence-corrected chi connectivity index (χ1v) is 15.6. The fourth-order valence-electron chi connectivity index (χ4n) is 5.12. The third-order valence-electron chi connectivity index (χ3n) is 7.12. The molecular weight excluding hydrogens is 650 g/mol. The van der Waals surface area contributed by atoms with Crippen molar-refractivity contribution in [1.82, 2.24) is 44.5 Å². The van der Waals surface area contributed by atoms with Crippen LogP contribution in [0.2, 0.25) is 0 Å². The van der Waals surface area contributed by atoms with Gasteiger partial charge in [0.1, 0.15) is 36.3 Å². The van der Waals surface area contributed by atoms with Gasteiger partial charge in [0.2, 0.25) is 0 Å². The second-order valence-electron chi connectivity index (χ2n) is 9.81. The van der Waals surface area contributed by atoms with Crippen LogP contribution in [-0.4, -0.2) is 119 Å². The van der Waals surface area contributed by atoms with E-state index in [0.29, 0.717) is 0 Å². The van der Waals surface area contributed by atoms with E-state index < -0.39 is 83.9 Å². The first-order valence-electron chi connectivity index (χ1n) is 13.0. The number of fused-ring (bicyclic) bond motifs is 2. The number of H-pyrrole nitrogens is 1. The number of aliphatic hydroxyl groups is 3. The molecule has 6 rings (SSSR count). The molecule has 8 N–H and O–H groups in total. The number of aromatic amines is 1. The molecule has 2 aliphatic rings. The Kier molecular flexibility index (Phi) is 8.69. The highest BCUT2D eigenvalue weighted by Gasteiger charge is 2.53. The van der Waals surface area contributed by atoms with E-state index in [1.807, 2.05) is 0 Å². The van der Waals surface area contributed by atoms with Gasteiger partial charge in [0.05, 0.1) is 25.4 Å². The van der Waals surface area contributed by atoms with Crippen molar-refractivity contribution in [2.45, 2.75) is 55.5 Å². The number of aromatic nitrogens is 9. The van der Waals surface area contributed by atoms with Crippen LogP contribution < -0.4 is 11.3 Å². The summed E-state index contributed by atoms with van der Waals surface area (Å²) in [7, 11) is -8.43. The van der Waals surface area contributed by atoms with Crippen LogP contribution in [0.5, 0.6) is 0 Å². The van der Waals surface area contributed by atoms with E-state index in [1.54, 1.807) is 0 Å². The van der Waals surface area contributed by atoms with E-state index in [2.05, 4.69) is 35.3 Å². The number of nitrogen functional groups attached to an aromatic ring is 1. The number of hydrogen-bond acceptors (Lipinski definition) is 18. The molecule has 2 aliphatic heterocycles. The molecule has 4 aromatic heterocycles. The summed E-state index contributed by atoms with van der Waals surface area (Å²) in [4.78, 5) is 48.0. The lowest BCUT2D eigenvalue weighted by Crippen LogP contribution is -2.36. The first kappa shape index (κ1) is 31.5. The number of anilines is 1. The molecule has 2 unspecified atom stereocenters. The molecule has 4 aromatic rings. The Bertz CT molecular complexity index is 1820. The third kappa shape index (κ3) is 5.96. The predicted octanol–water partition coefficient (Wildman–Crippen LogP) is -2.63. The Morgan fingerprint density at radius 1 is 1.02 bits per heavy atom. The van der Waals surface area contributed by atoms with Crippen LogP contribution in [0, 0.1) is 0 Å². The average Bonchev–Trinajstić information content (AvgIpc) is 3.75. The summed E-state index contributed by atoms with van der Waals surface area (Å²) in [6.07, 6.45) is -8.22. The topological polar surface area (TPSA) is 328 Å². The van der Waals surface area contributed by atoms with Crippen molar-refractivity contribution in [3.05, 3.63) is 29.3 Å². The molecule has 0 radical (unpaired) electrons. The van der Waals surface area contributed by atoms with E-state index in [-0.39, 0.29) is 34.6 Å². The smallest absolute Gasteiger partial charge is 0.396 e. The molecule has 0 aliphatic carbocycles. The number of phosphoric acid groups is 1. The van der Waals surface area contributed by atoms with Crippen molar-refractivity contribution < 1.29 is 57.3 Å². The minimum atomic E-state index is -5.13. The van der Waals surface area contributed by atoms with Crippen molar-refractivity contribution in [3.8, 4) is 0 Å². The summed E-state index contributed by atoms with van der Waals surface area (Å²) >= 11 is 0. The zero-order valence-electron chi connectivity index (χ0n) is 22.5. The maximum absolute atomic E-state index is 13.2. The molecule has 45 heavy (non-hydrogen) atoms. The maximum atomic E-state index is 13.2. The fourth-order valence-corrected chi connectivity index (χ4v) is 6.52. The number of ether oxygens (including phenoxy) is 2. The number of imidazole rings is 2. The molecule has 2 saturated heterocycles. The van der Waals surface area contributed by atoms with E-state index in [4.69, 9.17) is 28.8 Å². The van der Waals surface area contributed by atoms with Gasteiger partial charge in [0.25, 0.3) is 5.56 Å². The molecule has 0 amide bonds. The van der Waals surface area contributed by atoms with E-state index in [1.165, 1.54) is 10.9 Å². The Hall–Kier alpha value is -3.44. The normalized spacial score (nSPS) is 30.3. The third-order valence-corrected chi connectivity index (χ3v) is 8.53. The minimum absolute atomic E-state index is 0.0406. The molecule has 23 nitrogen and oxygen atoms in total. The highest BCUT2D eigenvalue weighted by molar-refractivity contribution is 7.47. The van der Waals surface area contributed by atoms with Crippen molar-refractivity contribution in [2.75, 3.05) is 18.9 Å². The van der Waals surface area contributed by atoms with Gasteiger partial charge in [-0.05, 0) is 6.42 Å². The summed E-state index contributed by atoms with van der Waals surface area (Å²) in [5.74, 6) is 0.0406. The van der Waals surface area contributed by atoms with Crippen LogP contribution in [-0.2, 0) is 32.2 Å². The number of nitrogens with two attached hydrogens (primary N) is 1. The number of nitrogens with one attached hydrogen (secondary N) is 1. The summed E-state index contributed by atoms with van der Waals surface area (Å²) in [5, 5.41) is 40.5. The van der Waals surface area contributed by atoms with Crippen molar-refractivity contribution in [2.24, 2.45) is 0 Å². The molecule has 10 atom stereocenters. The monoisotopic (exact) mass is 675 g/mol. The summed E-state index contributed by atoms with van der Waals surface area (Å²) < 4.78 is 54.1. The second kappa shape index (κ2) is 12.4. The molecule has 0 aromatic carbocycles. The van der Waals surface area contributed by atoms with Crippen LogP contribution in [0.4, 0.5) is 5.82 Å². The number of nitrogens with zero attached hydrogens (tertiary/aromatic N) is 8. The summed E-state index contributed by atoms with van der Waals surface area (Å²) in [6.45, 7) is -1.24. The Morgan fingerprint density at radius 2 is 1.73 bits per heavy atom. The number of phosphoric ester groups is 1. The Labute approximate surface area is 250 Å². The van der Waals surface area contributed by atoms with E-state index in [0.717, 1.165) is 17.2 Å². The average molecular weight is 675 g/mol. The van der Waals surface area contributed by atoms with Crippen LogP contribution >= 0.6 is 16.1 Å². The van der Waals surface area contributed by atoms with Gasteiger partial charge in [-0.15, -0.1) is 14.5 Å². The first-order chi connectivity index (χ1) is 21.5. The fraction of sp³-hybridized carbons (Fsp3) is 0.550. The summed E-state index contributed by atoms with van der Waals surface area (Å²) in [5.41, 5.74) is 5.24. The van der Waals surface area contributed by atoms with E-state index >= 15 is 0 Å². The quantitative estimate of drug-likeness (QED) is 0.0799. The van der Waals surface area contributed by atoms with Crippen molar-refractivity contribution in [3.63, 3.8) is 0 Å². The summed E-state index contributed by atoms with van der Waals surface area (Å²) in [6, 6.07) is 0. The predicted molar refractivity (Wildman–Crippen MR) is 143 cm³/mol. The van der Waals surface area contributed by atoms with Gasteiger partial charge in [0.15, 0.2) is 41.2 Å². The number of aliphatic hydroxyl groups excluding tert-OH is 3. The zero-order chi connectivity index (χ0) is 32.0. The molecule has 6 heterocycles. The molecule has 0 saturated carbocycles. The van der Waals surface area contributed by atoms with Crippen LogP contribution in [0.3, 0.4) is 0 Å². The zero-order valence-corrected chi connectivity index (χ0v) is 24.3. The second-order valence-corrected chi connectivity index (χ2v) is 11.9. The Balaban J connectivity index is 1.22. The minimum Gasteiger partial charge on any atom is -0.396 e. The van der Waals surface area contributed by atoms with Crippen LogP contribution in [0.25, 0.3) is 22.3 Å². The lowest BCUT2D eigenvalue weighted by Gasteiger charge is -2.24. The lowest BCUT2D eigenvalue weighted by molar-refractivity contribution is -0.0593. The van der Waals surface area contributed by atoms with Gasteiger partial charge < -0.3 is 35.4 Å². The Morgan fingerprint density at radius 3 is 2.47 bits per heavy atom. The van der Waals surface area contributed by atoms with Gasteiger partial charge in [0, 0.05) is 11.2 Å². The van der Waals surface area contributed by atoms with Crippen LogP contribution in [0.15, 0.2) is 23.8 Å². The van der Waals surface area contributed by atoms with Gasteiger partial charge in [-0.3, -0.25) is 23.0 Å². The number of rotatable bonds is 11. The molecule has 25 heteroatoms. The highest BCUT2D eigenvalue weighted by Crippen LogP contribution is 2.50.